The molecule has 1 saturated carbocycles. The second-order valence-electron chi connectivity index (χ2n) is 5.99. The number of carbonyl (C=O) groups is 1. The molecule has 0 bridgehead atoms. The van der Waals surface area contributed by atoms with Gasteiger partial charge in [-0.2, -0.15) is 0 Å². The zero-order valence-electron chi connectivity index (χ0n) is 11.9. The van der Waals surface area contributed by atoms with Gasteiger partial charge in [0, 0.05) is 25.7 Å². The number of nitrogens with two attached hydrogens (primary N) is 1. The zero-order valence-corrected chi connectivity index (χ0v) is 11.9. The molecule has 0 radical (unpaired) electrons. The molecule has 2 rings (SSSR count). The number of nitrogens with zero attached hydrogens (tertiary/aromatic N) is 1. The molecule has 1 saturated heterocycles. The summed E-state index contributed by atoms with van der Waals surface area (Å²) in [5.41, 5.74) is 5.61. The summed E-state index contributed by atoms with van der Waals surface area (Å²) in [6.45, 7) is 5.57. The minimum absolute atomic E-state index is 0.0806. The highest BCUT2D eigenvalue weighted by atomic mass is 16.5. The normalized spacial score (nSPS) is 33.1. The van der Waals surface area contributed by atoms with E-state index in [9.17, 15) is 4.79 Å². The van der Waals surface area contributed by atoms with Crippen molar-refractivity contribution < 1.29 is 9.53 Å². The Bertz CT molecular complexity index is 290. The fourth-order valence-corrected chi connectivity index (χ4v) is 2.95. The van der Waals surface area contributed by atoms with Gasteiger partial charge in [-0.15, -0.1) is 0 Å². The maximum atomic E-state index is 12.0. The van der Waals surface area contributed by atoms with Gasteiger partial charge in [0.2, 0.25) is 5.91 Å². The standard InChI is InChI=1S/C14H27N3O2/c1-11-2-4-12(5-3-11)16-14(18)10-17-6-7-19-13(8-15)9-17/h11-13H,2-10,15H2,1H3,(H,16,18). The van der Waals surface area contributed by atoms with Crippen LogP contribution in [0.1, 0.15) is 32.6 Å². The van der Waals surface area contributed by atoms with Crippen LogP contribution in [0.25, 0.3) is 0 Å². The molecule has 2 aliphatic rings. The van der Waals surface area contributed by atoms with Crippen LogP contribution in [0.5, 0.6) is 0 Å². The van der Waals surface area contributed by atoms with E-state index in [-0.39, 0.29) is 12.0 Å². The monoisotopic (exact) mass is 269 g/mol. The minimum atomic E-state index is 0.0806. The molecule has 1 unspecified atom stereocenters. The molecule has 5 nitrogen and oxygen atoms in total. The number of hydrogen-bond donors (Lipinski definition) is 2. The largest absolute Gasteiger partial charge is 0.374 e. The van der Waals surface area contributed by atoms with Crippen LogP contribution >= 0.6 is 0 Å². The molecule has 1 atom stereocenters. The summed E-state index contributed by atoms with van der Waals surface area (Å²) in [7, 11) is 0. The van der Waals surface area contributed by atoms with Crippen LogP contribution in [-0.4, -0.2) is 55.7 Å². The van der Waals surface area contributed by atoms with Gasteiger partial charge < -0.3 is 15.8 Å². The van der Waals surface area contributed by atoms with Crippen LogP contribution in [0.2, 0.25) is 0 Å². The van der Waals surface area contributed by atoms with Crippen LogP contribution in [0.4, 0.5) is 0 Å². The Morgan fingerprint density at radius 3 is 2.79 bits per heavy atom. The summed E-state index contributed by atoms with van der Waals surface area (Å²) in [6.07, 6.45) is 4.80. The van der Waals surface area contributed by atoms with Gasteiger partial charge in [0.05, 0.1) is 19.3 Å². The topological polar surface area (TPSA) is 67.6 Å². The highest BCUT2D eigenvalue weighted by Gasteiger charge is 2.23. The van der Waals surface area contributed by atoms with Crippen molar-refractivity contribution in [2.24, 2.45) is 11.7 Å². The van der Waals surface area contributed by atoms with Gasteiger partial charge in [-0.25, -0.2) is 0 Å². The van der Waals surface area contributed by atoms with Gasteiger partial charge in [-0.05, 0) is 31.6 Å². The Labute approximate surface area is 115 Å². The molecule has 3 N–H and O–H groups in total. The number of nitrogens with one attached hydrogen (secondary N) is 1. The van der Waals surface area contributed by atoms with Gasteiger partial charge >= 0.3 is 0 Å². The first-order chi connectivity index (χ1) is 9.17. The summed E-state index contributed by atoms with van der Waals surface area (Å²) in [6, 6.07) is 0.384. The van der Waals surface area contributed by atoms with Crippen molar-refractivity contribution in [1.29, 1.82) is 0 Å². The van der Waals surface area contributed by atoms with Gasteiger partial charge in [0.1, 0.15) is 0 Å². The van der Waals surface area contributed by atoms with E-state index < -0.39 is 0 Å². The molecule has 2 fully saturated rings. The van der Waals surface area contributed by atoms with E-state index in [2.05, 4.69) is 17.1 Å². The molecular weight excluding hydrogens is 242 g/mol. The predicted molar refractivity (Wildman–Crippen MR) is 74.8 cm³/mol. The van der Waals surface area contributed by atoms with E-state index in [0.29, 0.717) is 25.7 Å². The fourth-order valence-electron chi connectivity index (χ4n) is 2.95. The highest BCUT2D eigenvalue weighted by Crippen LogP contribution is 2.23. The Balaban J connectivity index is 1.69. The van der Waals surface area contributed by atoms with Crippen molar-refractivity contribution in [3.05, 3.63) is 0 Å². The van der Waals surface area contributed by atoms with E-state index in [1.165, 1.54) is 12.8 Å². The van der Waals surface area contributed by atoms with Gasteiger partial charge in [0.15, 0.2) is 0 Å². The Kier molecular flexibility index (Phi) is 5.60. The van der Waals surface area contributed by atoms with E-state index in [4.69, 9.17) is 10.5 Å². The van der Waals surface area contributed by atoms with E-state index >= 15 is 0 Å². The molecular formula is C14H27N3O2. The number of hydrogen-bond acceptors (Lipinski definition) is 4. The molecule has 1 aliphatic carbocycles. The first-order valence-electron chi connectivity index (χ1n) is 7.50. The molecule has 1 aliphatic heterocycles. The lowest BCUT2D eigenvalue weighted by molar-refractivity contribution is -0.125. The van der Waals surface area contributed by atoms with Crippen LogP contribution < -0.4 is 11.1 Å². The smallest absolute Gasteiger partial charge is 0.234 e. The number of morpholine rings is 1. The minimum Gasteiger partial charge on any atom is -0.374 e. The van der Waals surface area contributed by atoms with Crippen molar-refractivity contribution >= 4 is 5.91 Å². The summed E-state index contributed by atoms with van der Waals surface area (Å²) < 4.78 is 5.50. The third-order valence-corrected chi connectivity index (χ3v) is 4.23. The Morgan fingerprint density at radius 2 is 2.11 bits per heavy atom. The van der Waals surface area contributed by atoms with Crippen molar-refractivity contribution in [3.8, 4) is 0 Å². The Morgan fingerprint density at radius 1 is 1.37 bits per heavy atom. The van der Waals surface area contributed by atoms with Gasteiger partial charge in [-0.3, -0.25) is 9.69 Å². The first-order valence-corrected chi connectivity index (χ1v) is 7.50. The van der Waals surface area contributed by atoms with Crippen molar-refractivity contribution in [1.82, 2.24) is 10.2 Å². The predicted octanol–water partition coefficient (Wildman–Crippen LogP) is 0.341. The molecule has 1 amide bonds. The molecule has 110 valence electrons. The number of ether oxygens (including phenoxy) is 1. The third-order valence-electron chi connectivity index (χ3n) is 4.23. The number of amides is 1. The van der Waals surface area contributed by atoms with Crippen molar-refractivity contribution in [3.63, 3.8) is 0 Å². The fraction of sp³-hybridized carbons (Fsp3) is 0.929. The van der Waals surface area contributed by atoms with Crippen molar-refractivity contribution in [2.75, 3.05) is 32.8 Å². The summed E-state index contributed by atoms with van der Waals surface area (Å²) in [5.74, 6) is 0.968. The van der Waals surface area contributed by atoms with E-state index in [0.717, 1.165) is 31.8 Å². The molecule has 0 spiro atoms. The van der Waals surface area contributed by atoms with Gasteiger partial charge in [0.25, 0.3) is 0 Å². The average Bonchev–Trinajstić information content (AvgIpc) is 2.41. The highest BCUT2D eigenvalue weighted by molar-refractivity contribution is 5.78. The molecule has 0 aromatic carbocycles. The lowest BCUT2D eigenvalue weighted by atomic mass is 9.87. The van der Waals surface area contributed by atoms with Crippen LogP contribution in [0.3, 0.4) is 0 Å². The second-order valence-corrected chi connectivity index (χ2v) is 5.99. The lowest BCUT2D eigenvalue weighted by Crippen LogP contribution is -2.50. The third kappa shape index (κ3) is 4.75. The number of carbonyl (C=O) groups excluding carboxylic acids is 1. The Hall–Kier alpha value is -0.650. The lowest BCUT2D eigenvalue weighted by Gasteiger charge is -2.33. The maximum Gasteiger partial charge on any atom is 0.234 e. The molecule has 0 aromatic heterocycles. The summed E-state index contributed by atoms with van der Waals surface area (Å²) >= 11 is 0. The van der Waals surface area contributed by atoms with Crippen LogP contribution in [0.15, 0.2) is 0 Å². The van der Waals surface area contributed by atoms with Gasteiger partial charge in [-0.1, -0.05) is 6.92 Å². The molecule has 19 heavy (non-hydrogen) atoms. The number of rotatable bonds is 4. The zero-order chi connectivity index (χ0) is 13.7. The average molecular weight is 269 g/mol. The summed E-state index contributed by atoms with van der Waals surface area (Å²) in [4.78, 5) is 14.2. The van der Waals surface area contributed by atoms with Crippen molar-refractivity contribution in [2.45, 2.75) is 44.8 Å². The molecule has 1 heterocycles. The maximum absolute atomic E-state index is 12.0. The van der Waals surface area contributed by atoms with Crippen LogP contribution in [0, 0.1) is 5.92 Å². The second kappa shape index (κ2) is 7.22. The van der Waals surface area contributed by atoms with E-state index in [1.54, 1.807) is 0 Å². The molecule has 0 aromatic rings. The SMILES string of the molecule is CC1CCC(NC(=O)CN2CCOC(CN)C2)CC1. The summed E-state index contributed by atoms with van der Waals surface area (Å²) in [5, 5.41) is 3.17. The van der Waals surface area contributed by atoms with Crippen LogP contribution in [-0.2, 0) is 9.53 Å². The quantitative estimate of drug-likeness (QED) is 0.772. The van der Waals surface area contributed by atoms with E-state index in [1.807, 2.05) is 0 Å². The first kappa shape index (κ1) is 14.8. The molecule has 5 heteroatoms.